The molecule has 0 aliphatic carbocycles. The van der Waals surface area contributed by atoms with E-state index >= 15 is 0 Å². The molecule has 0 heterocycles. The molecule has 24 heavy (non-hydrogen) atoms. The second-order valence-corrected chi connectivity index (χ2v) is 7.34. The summed E-state index contributed by atoms with van der Waals surface area (Å²) in [7, 11) is 7.69. The largest absolute Gasteiger partial charge is 0.370 e. The Balaban J connectivity index is 4.41. The number of carbonyl (C=O) groups excluding carboxylic acids is 3. The third-order valence-electron chi connectivity index (χ3n) is 3.07. The Bertz CT molecular complexity index is 405. The van der Waals surface area contributed by atoms with Crippen molar-refractivity contribution in [3.05, 3.63) is 0 Å². The number of amides is 3. The van der Waals surface area contributed by atoms with E-state index in [0.717, 1.165) is 13.1 Å². The van der Waals surface area contributed by atoms with Crippen molar-refractivity contribution >= 4 is 29.5 Å². The number of nitrogens with two attached hydrogens (primary N) is 1. The summed E-state index contributed by atoms with van der Waals surface area (Å²) < 4.78 is 0. The summed E-state index contributed by atoms with van der Waals surface area (Å²) in [6.45, 7) is 2.51. The highest BCUT2D eigenvalue weighted by Gasteiger charge is 2.22. The first-order valence-electron chi connectivity index (χ1n) is 7.96. The maximum Gasteiger partial charge on any atom is 0.233 e. The molecule has 0 aromatic rings. The molecule has 0 radical (unpaired) electrons. The molecule has 0 aliphatic rings. The molecule has 0 rings (SSSR count). The zero-order valence-electron chi connectivity index (χ0n) is 15.1. The molecule has 0 aliphatic heterocycles. The summed E-state index contributed by atoms with van der Waals surface area (Å²) in [5, 5.41) is 5.10. The molecular weight excluding hydrogens is 330 g/mol. The summed E-state index contributed by atoms with van der Waals surface area (Å²) in [5.74, 6) is -0.346. The van der Waals surface area contributed by atoms with Gasteiger partial charge in [0.2, 0.25) is 17.7 Å². The Morgan fingerprint density at radius 3 is 2.04 bits per heavy atom. The highest BCUT2D eigenvalue weighted by Crippen LogP contribution is 2.16. The molecule has 4 N–H and O–H groups in total. The average molecular weight is 362 g/mol. The number of rotatable bonds is 13. The van der Waals surface area contributed by atoms with Crippen LogP contribution in [0.5, 0.6) is 0 Å². The van der Waals surface area contributed by atoms with Crippen LogP contribution in [0.3, 0.4) is 0 Å². The molecular formula is C15H31N5O3S. The zero-order valence-corrected chi connectivity index (χ0v) is 15.9. The van der Waals surface area contributed by atoms with Gasteiger partial charge in [-0.2, -0.15) is 0 Å². The number of likely N-dealkylation sites (N-methyl/N-ethyl adjacent to an activating group) is 2. The molecule has 1 atom stereocenters. The number of nitrogens with zero attached hydrogens (tertiary/aromatic N) is 2. The predicted molar refractivity (Wildman–Crippen MR) is 97.8 cm³/mol. The normalized spacial score (nSPS) is 12.2. The van der Waals surface area contributed by atoms with Crippen LogP contribution in [-0.4, -0.2) is 92.9 Å². The van der Waals surface area contributed by atoms with Crippen LogP contribution in [-0.2, 0) is 14.4 Å². The van der Waals surface area contributed by atoms with Crippen LogP contribution in [0.1, 0.15) is 12.8 Å². The van der Waals surface area contributed by atoms with E-state index in [1.807, 2.05) is 38.0 Å². The van der Waals surface area contributed by atoms with Gasteiger partial charge in [-0.15, -0.1) is 11.8 Å². The maximum absolute atomic E-state index is 12.3. The van der Waals surface area contributed by atoms with Gasteiger partial charge in [-0.25, -0.2) is 0 Å². The van der Waals surface area contributed by atoms with Crippen molar-refractivity contribution in [1.82, 2.24) is 20.4 Å². The van der Waals surface area contributed by atoms with Gasteiger partial charge in [0.05, 0.1) is 5.25 Å². The van der Waals surface area contributed by atoms with Crippen LogP contribution in [0.25, 0.3) is 0 Å². The second kappa shape index (κ2) is 13.0. The van der Waals surface area contributed by atoms with Crippen molar-refractivity contribution in [3.8, 4) is 0 Å². The van der Waals surface area contributed by atoms with Crippen LogP contribution < -0.4 is 16.4 Å². The van der Waals surface area contributed by atoms with Crippen LogP contribution in [0.15, 0.2) is 0 Å². The molecule has 0 saturated carbocycles. The van der Waals surface area contributed by atoms with E-state index in [2.05, 4.69) is 10.6 Å². The minimum absolute atomic E-state index is 0.0880. The van der Waals surface area contributed by atoms with Gasteiger partial charge in [0.15, 0.2) is 0 Å². The van der Waals surface area contributed by atoms with Crippen LogP contribution in [0, 0.1) is 0 Å². The van der Waals surface area contributed by atoms with Crippen LogP contribution in [0.4, 0.5) is 0 Å². The van der Waals surface area contributed by atoms with Crippen molar-refractivity contribution in [3.63, 3.8) is 0 Å². The Hall–Kier alpha value is -1.32. The first kappa shape index (κ1) is 22.7. The quantitative estimate of drug-likeness (QED) is 0.377. The zero-order chi connectivity index (χ0) is 18.5. The average Bonchev–Trinajstić information content (AvgIpc) is 2.44. The fraction of sp³-hybridized carbons (Fsp3) is 0.800. The lowest BCUT2D eigenvalue weighted by molar-refractivity contribution is -0.126. The monoisotopic (exact) mass is 361 g/mol. The first-order valence-corrected chi connectivity index (χ1v) is 9.01. The molecule has 140 valence electrons. The van der Waals surface area contributed by atoms with Gasteiger partial charge >= 0.3 is 0 Å². The van der Waals surface area contributed by atoms with E-state index in [1.165, 1.54) is 11.8 Å². The van der Waals surface area contributed by atoms with Gasteiger partial charge in [-0.1, -0.05) is 0 Å². The number of hydrogen-bond donors (Lipinski definition) is 3. The van der Waals surface area contributed by atoms with Crippen molar-refractivity contribution in [2.24, 2.45) is 5.73 Å². The SMILES string of the molecule is CN(C)CCNC(=O)CC(SCCC(N)=O)C(=O)NCCN(C)C. The fourth-order valence-electron chi connectivity index (χ4n) is 1.71. The summed E-state index contributed by atoms with van der Waals surface area (Å²) in [4.78, 5) is 39.0. The molecule has 0 fully saturated rings. The minimum Gasteiger partial charge on any atom is -0.370 e. The van der Waals surface area contributed by atoms with Crippen LogP contribution >= 0.6 is 11.8 Å². The first-order chi connectivity index (χ1) is 11.2. The van der Waals surface area contributed by atoms with Gasteiger partial charge in [-0.05, 0) is 28.2 Å². The molecule has 3 amide bonds. The number of nitrogens with one attached hydrogen (secondary N) is 2. The standard InChI is InChI=1S/C15H31N5O3S/c1-19(2)8-6-17-14(22)11-12(24-10-5-13(16)21)15(23)18-7-9-20(3)4/h12H,5-11H2,1-4H3,(H2,16,21)(H,17,22)(H,18,23). The smallest absolute Gasteiger partial charge is 0.233 e. The third kappa shape index (κ3) is 13.1. The molecule has 0 bridgehead atoms. The number of carbonyl (C=O) groups is 3. The number of primary amides is 1. The molecule has 9 heteroatoms. The van der Waals surface area contributed by atoms with Gasteiger partial charge in [0.1, 0.15) is 0 Å². The van der Waals surface area contributed by atoms with E-state index in [0.29, 0.717) is 18.8 Å². The summed E-state index contributed by atoms with van der Waals surface area (Å²) in [5.41, 5.74) is 5.12. The molecule has 0 aromatic heterocycles. The Morgan fingerprint density at radius 1 is 1.00 bits per heavy atom. The molecule has 0 saturated heterocycles. The predicted octanol–water partition coefficient (Wildman–Crippen LogP) is -1.29. The lowest BCUT2D eigenvalue weighted by Crippen LogP contribution is -2.40. The number of hydrogen-bond acceptors (Lipinski definition) is 6. The maximum atomic E-state index is 12.3. The fourth-order valence-corrected chi connectivity index (χ4v) is 2.81. The lowest BCUT2D eigenvalue weighted by atomic mass is 10.2. The lowest BCUT2D eigenvalue weighted by Gasteiger charge is -2.18. The van der Waals surface area contributed by atoms with Gasteiger partial charge in [0.25, 0.3) is 0 Å². The van der Waals surface area contributed by atoms with Gasteiger partial charge in [-0.3, -0.25) is 14.4 Å². The van der Waals surface area contributed by atoms with Crippen molar-refractivity contribution in [1.29, 1.82) is 0 Å². The Kier molecular flexibility index (Phi) is 12.3. The topological polar surface area (TPSA) is 108 Å². The summed E-state index contributed by atoms with van der Waals surface area (Å²) >= 11 is 1.29. The molecule has 0 spiro atoms. The summed E-state index contributed by atoms with van der Waals surface area (Å²) in [6, 6.07) is 0. The van der Waals surface area contributed by atoms with Crippen molar-refractivity contribution in [2.45, 2.75) is 18.1 Å². The van der Waals surface area contributed by atoms with E-state index in [4.69, 9.17) is 5.73 Å². The Labute approximate surface area is 148 Å². The van der Waals surface area contributed by atoms with Crippen LogP contribution in [0.2, 0.25) is 0 Å². The second-order valence-electron chi connectivity index (χ2n) is 6.03. The Morgan fingerprint density at radius 2 is 1.54 bits per heavy atom. The van der Waals surface area contributed by atoms with Gasteiger partial charge in [0, 0.05) is 44.8 Å². The molecule has 0 aromatic carbocycles. The minimum atomic E-state index is -0.522. The summed E-state index contributed by atoms with van der Waals surface area (Å²) in [6.07, 6.45) is 0.277. The van der Waals surface area contributed by atoms with Crippen molar-refractivity contribution in [2.75, 3.05) is 60.1 Å². The van der Waals surface area contributed by atoms with Crippen molar-refractivity contribution < 1.29 is 14.4 Å². The molecule has 1 unspecified atom stereocenters. The highest BCUT2D eigenvalue weighted by atomic mass is 32.2. The molecule has 8 nitrogen and oxygen atoms in total. The third-order valence-corrected chi connectivity index (χ3v) is 4.29. The van der Waals surface area contributed by atoms with E-state index in [-0.39, 0.29) is 24.7 Å². The van der Waals surface area contributed by atoms with E-state index in [9.17, 15) is 14.4 Å². The van der Waals surface area contributed by atoms with Gasteiger partial charge < -0.3 is 26.2 Å². The highest BCUT2D eigenvalue weighted by molar-refractivity contribution is 8.00. The van der Waals surface area contributed by atoms with E-state index in [1.54, 1.807) is 0 Å². The van der Waals surface area contributed by atoms with E-state index < -0.39 is 11.2 Å². The number of thioether (sulfide) groups is 1.